The SMILES string of the molecule is C=CNC1=C(c2ccc(Cl)c(Cl)c2)C2CCC1CC2. The zero-order valence-corrected chi connectivity index (χ0v) is 12.3. The first-order valence-electron chi connectivity index (χ1n) is 6.77. The van der Waals surface area contributed by atoms with E-state index in [0.29, 0.717) is 21.9 Å². The number of rotatable bonds is 3. The smallest absolute Gasteiger partial charge is 0.0598 e. The molecule has 19 heavy (non-hydrogen) atoms. The van der Waals surface area contributed by atoms with Crippen molar-refractivity contribution in [1.29, 1.82) is 0 Å². The number of hydrogen-bond donors (Lipinski definition) is 1. The molecule has 0 heterocycles. The minimum absolute atomic E-state index is 0.616. The molecule has 4 rings (SSSR count). The van der Waals surface area contributed by atoms with Crippen LogP contribution in [0.2, 0.25) is 10.0 Å². The maximum absolute atomic E-state index is 6.16. The summed E-state index contributed by atoms with van der Waals surface area (Å²) in [7, 11) is 0. The lowest BCUT2D eigenvalue weighted by Crippen LogP contribution is -2.31. The van der Waals surface area contributed by atoms with Gasteiger partial charge >= 0.3 is 0 Å². The van der Waals surface area contributed by atoms with Crippen molar-refractivity contribution in [2.75, 3.05) is 0 Å². The first-order chi connectivity index (χ1) is 9.20. The standard InChI is InChI=1S/C16H17Cl2N/c1-2-19-16-11-5-3-10(4-6-11)15(16)12-7-8-13(17)14(18)9-12/h2,7-11,19H,1,3-6H2. The van der Waals surface area contributed by atoms with Gasteiger partial charge in [-0.25, -0.2) is 0 Å². The molecular weight excluding hydrogens is 277 g/mol. The first kappa shape index (κ1) is 13.1. The summed E-state index contributed by atoms with van der Waals surface area (Å²) in [6.45, 7) is 3.81. The van der Waals surface area contributed by atoms with Gasteiger partial charge in [-0.1, -0.05) is 35.8 Å². The molecule has 0 saturated heterocycles. The average molecular weight is 294 g/mol. The Hall–Kier alpha value is -0.920. The second kappa shape index (κ2) is 5.22. The summed E-state index contributed by atoms with van der Waals surface area (Å²) in [5.74, 6) is 1.29. The van der Waals surface area contributed by atoms with Crippen LogP contribution in [0.3, 0.4) is 0 Å². The average Bonchev–Trinajstić information content (AvgIpc) is 2.44. The van der Waals surface area contributed by atoms with Crippen molar-refractivity contribution in [2.24, 2.45) is 11.8 Å². The number of nitrogens with one attached hydrogen (secondary N) is 1. The van der Waals surface area contributed by atoms with E-state index >= 15 is 0 Å². The van der Waals surface area contributed by atoms with E-state index in [9.17, 15) is 0 Å². The van der Waals surface area contributed by atoms with Crippen LogP contribution in [0.4, 0.5) is 0 Å². The lowest BCUT2D eigenvalue weighted by atomic mass is 9.67. The molecule has 0 spiro atoms. The molecule has 0 aromatic heterocycles. The van der Waals surface area contributed by atoms with Crippen LogP contribution in [0.5, 0.6) is 0 Å². The molecule has 1 aromatic rings. The number of halogens is 2. The highest BCUT2D eigenvalue weighted by molar-refractivity contribution is 6.42. The molecule has 0 amide bonds. The Bertz CT molecular complexity index is 540. The van der Waals surface area contributed by atoms with Gasteiger partial charge in [0.2, 0.25) is 0 Å². The summed E-state index contributed by atoms with van der Waals surface area (Å²) < 4.78 is 0. The highest BCUT2D eigenvalue weighted by Crippen LogP contribution is 2.48. The second-order valence-corrected chi connectivity index (χ2v) is 6.17. The van der Waals surface area contributed by atoms with Gasteiger partial charge < -0.3 is 5.32 Å². The van der Waals surface area contributed by atoms with Crippen LogP contribution >= 0.6 is 23.2 Å². The largest absolute Gasteiger partial charge is 0.365 e. The van der Waals surface area contributed by atoms with Crippen molar-refractivity contribution < 1.29 is 0 Å². The van der Waals surface area contributed by atoms with E-state index in [1.165, 1.54) is 42.5 Å². The van der Waals surface area contributed by atoms with Crippen molar-refractivity contribution in [3.8, 4) is 0 Å². The van der Waals surface area contributed by atoms with Gasteiger partial charge in [-0.3, -0.25) is 0 Å². The van der Waals surface area contributed by atoms with Gasteiger partial charge in [0.25, 0.3) is 0 Å². The minimum atomic E-state index is 0.616. The van der Waals surface area contributed by atoms with Crippen molar-refractivity contribution in [1.82, 2.24) is 5.32 Å². The van der Waals surface area contributed by atoms with Gasteiger partial charge in [0.1, 0.15) is 0 Å². The van der Waals surface area contributed by atoms with E-state index in [4.69, 9.17) is 23.2 Å². The fraction of sp³-hybridized carbons (Fsp3) is 0.375. The summed E-state index contributed by atoms with van der Waals surface area (Å²) in [6.07, 6.45) is 6.91. The molecule has 2 bridgehead atoms. The number of benzene rings is 1. The molecule has 0 radical (unpaired) electrons. The Morgan fingerprint density at radius 2 is 1.74 bits per heavy atom. The summed E-state index contributed by atoms with van der Waals surface area (Å²) in [4.78, 5) is 0. The molecule has 0 aliphatic heterocycles. The maximum Gasteiger partial charge on any atom is 0.0598 e. The zero-order chi connectivity index (χ0) is 13.4. The van der Waals surface area contributed by atoms with Crippen LogP contribution < -0.4 is 5.32 Å². The summed E-state index contributed by atoms with van der Waals surface area (Å²) >= 11 is 12.2. The van der Waals surface area contributed by atoms with Gasteiger partial charge in [0, 0.05) is 5.70 Å². The Kier molecular flexibility index (Phi) is 3.60. The highest BCUT2D eigenvalue weighted by atomic mass is 35.5. The van der Waals surface area contributed by atoms with E-state index in [2.05, 4.69) is 18.0 Å². The fourth-order valence-corrected chi connectivity index (χ4v) is 3.77. The third-order valence-electron chi connectivity index (χ3n) is 4.32. The van der Waals surface area contributed by atoms with Crippen LogP contribution in [-0.2, 0) is 0 Å². The van der Waals surface area contributed by atoms with E-state index in [1.807, 2.05) is 12.1 Å². The molecule has 1 fully saturated rings. The molecule has 3 heteroatoms. The molecule has 1 N–H and O–H groups in total. The number of fused-ring (bicyclic) bond motifs is 2. The van der Waals surface area contributed by atoms with E-state index < -0.39 is 0 Å². The van der Waals surface area contributed by atoms with E-state index in [1.54, 1.807) is 6.20 Å². The minimum Gasteiger partial charge on any atom is -0.365 e. The van der Waals surface area contributed by atoms with Gasteiger partial charge in [-0.05, 0) is 67.0 Å². The third-order valence-corrected chi connectivity index (χ3v) is 5.06. The summed E-state index contributed by atoms with van der Waals surface area (Å²) in [5, 5.41) is 4.61. The maximum atomic E-state index is 6.16. The van der Waals surface area contributed by atoms with Crippen molar-refractivity contribution in [3.63, 3.8) is 0 Å². The number of hydrogen-bond acceptors (Lipinski definition) is 1. The Morgan fingerprint density at radius 3 is 2.37 bits per heavy atom. The Morgan fingerprint density at radius 1 is 1.05 bits per heavy atom. The molecule has 1 nitrogen and oxygen atoms in total. The number of allylic oxidation sites excluding steroid dienone is 2. The summed E-state index contributed by atoms with van der Waals surface area (Å²) in [6, 6.07) is 5.96. The topological polar surface area (TPSA) is 12.0 Å². The van der Waals surface area contributed by atoms with Gasteiger partial charge in [0.15, 0.2) is 0 Å². The zero-order valence-electron chi connectivity index (χ0n) is 10.8. The van der Waals surface area contributed by atoms with Crippen LogP contribution in [0.15, 0.2) is 36.7 Å². The van der Waals surface area contributed by atoms with Crippen molar-refractivity contribution in [3.05, 3.63) is 52.3 Å². The Balaban J connectivity index is 2.10. The molecule has 0 atom stereocenters. The Labute approximate surface area is 124 Å². The molecule has 100 valence electrons. The summed E-state index contributed by atoms with van der Waals surface area (Å²) in [5.41, 5.74) is 3.96. The predicted molar refractivity (Wildman–Crippen MR) is 82.2 cm³/mol. The lowest BCUT2D eigenvalue weighted by molar-refractivity contribution is 0.315. The van der Waals surface area contributed by atoms with E-state index in [0.717, 1.165) is 0 Å². The van der Waals surface area contributed by atoms with Crippen LogP contribution in [-0.4, -0.2) is 0 Å². The third kappa shape index (κ3) is 2.30. The van der Waals surface area contributed by atoms with Gasteiger partial charge in [-0.15, -0.1) is 0 Å². The molecule has 1 aromatic carbocycles. The van der Waals surface area contributed by atoms with Crippen LogP contribution in [0.1, 0.15) is 31.2 Å². The molecule has 0 unspecified atom stereocenters. The van der Waals surface area contributed by atoms with Gasteiger partial charge in [0.05, 0.1) is 10.0 Å². The van der Waals surface area contributed by atoms with Crippen molar-refractivity contribution in [2.45, 2.75) is 25.7 Å². The van der Waals surface area contributed by atoms with Gasteiger partial charge in [-0.2, -0.15) is 0 Å². The molecule has 1 saturated carbocycles. The molecule has 3 aliphatic carbocycles. The predicted octanol–water partition coefficient (Wildman–Crippen LogP) is 5.26. The fourth-order valence-electron chi connectivity index (χ4n) is 3.47. The van der Waals surface area contributed by atoms with E-state index in [-0.39, 0.29) is 0 Å². The second-order valence-electron chi connectivity index (χ2n) is 5.35. The monoisotopic (exact) mass is 293 g/mol. The first-order valence-corrected chi connectivity index (χ1v) is 7.53. The van der Waals surface area contributed by atoms with Crippen LogP contribution in [0, 0.1) is 11.8 Å². The normalized spacial score (nSPS) is 25.6. The van der Waals surface area contributed by atoms with Crippen molar-refractivity contribution >= 4 is 28.8 Å². The molecule has 3 aliphatic rings. The van der Waals surface area contributed by atoms with Crippen LogP contribution in [0.25, 0.3) is 5.57 Å². The molecular formula is C16H17Cl2N. The quantitative estimate of drug-likeness (QED) is 0.802. The highest BCUT2D eigenvalue weighted by Gasteiger charge is 2.35. The lowest BCUT2D eigenvalue weighted by Gasteiger charge is -2.40.